The molecule has 2 N–H and O–H groups in total. The molecule has 6 heteroatoms. The highest BCUT2D eigenvalue weighted by Gasteiger charge is 2.45. The number of nitrogens with one attached hydrogen (secondary N) is 1. The maximum atomic E-state index is 13.7. The van der Waals surface area contributed by atoms with Crippen LogP contribution in [0.5, 0.6) is 0 Å². The van der Waals surface area contributed by atoms with E-state index in [2.05, 4.69) is 5.32 Å². The minimum atomic E-state index is -1.04. The van der Waals surface area contributed by atoms with Crippen LogP contribution in [-0.2, 0) is 16.8 Å². The number of halogens is 2. The van der Waals surface area contributed by atoms with Gasteiger partial charge in [-0.25, -0.2) is 4.39 Å². The molecule has 1 fully saturated rings. The van der Waals surface area contributed by atoms with Gasteiger partial charge in [-0.2, -0.15) is 0 Å². The normalized spacial score (nSPS) is 16.8. The SMILES string of the molecule is O=C(Cc1c(F)cccc1Cl)NC[C@@](O)(c1cccs1)C1CC1. The fraction of sp³-hybridized carbons (Fsp3) is 0.353. The molecule has 0 aliphatic heterocycles. The van der Waals surface area contributed by atoms with Crippen molar-refractivity contribution >= 4 is 28.8 Å². The van der Waals surface area contributed by atoms with Crippen molar-refractivity contribution in [3.05, 3.63) is 57.0 Å². The van der Waals surface area contributed by atoms with Crippen LogP contribution in [0.4, 0.5) is 4.39 Å². The van der Waals surface area contributed by atoms with E-state index in [9.17, 15) is 14.3 Å². The standard InChI is InChI=1S/C17H17ClFNO2S/c18-13-3-1-4-14(19)12(13)9-16(21)20-10-17(22,11-6-7-11)15-5-2-8-23-15/h1-5,8,11,22H,6-7,9-10H2,(H,20,21)/t17-/m0/s1. The maximum Gasteiger partial charge on any atom is 0.224 e. The third-order valence-electron chi connectivity index (χ3n) is 4.15. The van der Waals surface area contributed by atoms with E-state index in [4.69, 9.17) is 11.6 Å². The zero-order valence-electron chi connectivity index (χ0n) is 12.4. The van der Waals surface area contributed by atoms with Crippen LogP contribution in [0.3, 0.4) is 0 Å². The number of carbonyl (C=O) groups is 1. The Hall–Kier alpha value is -1.43. The Morgan fingerprint density at radius 3 is 2.78 bits per heavy atom. The molecule has 1 aromatic carbocycles. The Labute approximate surface area is 143 Å². The van der Waals surface area contributed by atoms with Crippen molar-refractivity contribution in [1.82, 2.24) is 5.32 Å². The zero-order valence-corrected chi connectivity index (χ0v) is 14.0. The fourth-order valence-electron chi connectivity index (χ4n) is 2.68. The van der Waals surface area contributed by atoms with Crippen LogP contribution in [0, 0.1) is 11.7 Å². The molecule has 1 atom stereocenters. The van der Waals surface area contributed by atoms with Crippen LogP contribution >= 0.6 is 22.9 Å². The van der Waals surface area contributed by atoms with Gasteiger partial charge in [0.1, 0.15) is 11.4 Å². The van der Waals surface area contributed by atoms with Crippen LogP contribution in [0.1, 0.15) is 23.3 Å². The Bertz CT molecular complexity index is 682. The summed E-state index contributed by atoms with van der Waals surface area (Å²) in [5.74, 6) is -0.686. The topological polar surface area (TPSA) is 49.3 Å². The number of rotatable bonds is 6. The summed E-state index contributed by atoms with van der Waals surface area (Å²) in [6, 6.07) is 8.10. The molecule has 0 bridgehead atoms. The lowest BCUT2D eigenvalue weighted by Gasteiger charge is -2.27. The summed E-state index contributed by atoms with van der Waals surface area (Å²) in [4.78, 5) is 13.0. The molecule has 122 valence electrons. The van der Waals surface area contributed by atoms with Crippen LogP contribution in [0.25, 0.3) is 0 Å². The van der Waals surface area contributed by atoms with Crippen molar-refractivity contribution < 1.29 is 14.3 Å². The third-order valence-corrected chi connectivity index (χ3v) is 5.55. The molecular weight excluding hydrogens is 337 g/mol. The van der Waals surface area contributed by atoms with Gasteiger partial charge in [-0.3, -0.25) is 4.79 Å². The minimum Gasteiger partial charge on any atom is -0.382 e. The monoisotopic (exact) mass is 353 g/mol. The first-order chi connectivity index (χ1) is 11.0. The van der Waals surface area contributed by atoms with Gasteiger partial charge in [0.05, 0.1) is 13.0 Å². The molecule has 1 aromatic heterocycles. The van der Waals surface area contributed by atoms with Crippen molar-refractivity contribution in [3.8, 4) is 0 Å². The summed E-state index contributed by atoms with van der Waals surface area (Å²) < 4.78 is 13.7. The average molecular weight is 354 g/mol. The van der Waals surface area contributed by atoms with Crippen molar-refractivity contribution in [2.75, 3.05) is 6.54 Å². The van der Waals surface area contributed by atoms with Crippen LogP contribution in [-0.4, -0.2) is 17.6 Å². The van der Waals surface area contributed by atoms with Crippen LogP contribution in [0.15, 0.2) is 35.7 Å². The molecule has 2 aromatic rings. The van der Waals surface area contributed by atoms with Gasteiger partial charge in [0.15, 0.2) is 0 Å². The Balaban J connectivity index is 1.66. The molecule has 0 saturated heterocycles. The molecule has 1 saturated carbocycles. The van der Waals surface area contributed by atoms with Gasteiger partial charge in [-0.05, 0) is 42.3 Å². The maximum absolute atomic E-state index is 13.7. The highest BCUT2D eigenvalue weighted by atomic mass is 35.5. The van der Waals surface area contributed by atoms with Crippen molar-refractivity contribution in [2.45, 2.75) is 24.9 Å². The second-order valence-electron chi connectivity index (χ2n) is 5.83. The minimum absolute atomic E-state index is 0.128. The van der Waals surface area contributed by atoms with Gasteiger partial charge in [0.2, 0.25) is 5.91 Å². The van der Waals surface area contributed by atoms with E-state index in [1.165, 1.54) is 23.5 Å². The summed E-state index contributed by atoms with van der Waals surface area (Å²) in [5.41, 5.74) is -0.860. The number of benzene rings is 1. The Kier molecular flexibility index (Phi) is 4.71. The lowest BCUT2D eigenvalue weighted by molar-refractivity contribution is -0.122. The summed E-state index contributed by atoms with van der Waals surface area (Å²) in [6.45, 7) is 0.128. The molecule has 3 rings (SSSR count). The van der Waals surface area contributed by atoms with Gasteiger partial charge in [-0.1, -0.05) is 23.7 Å². The summed E-state index contributed by atoms with van der Waals surface area (Å²) in [5, 5.41) is 15.8. The number of aliphatic hydroxyl groups is 1. The van der Waals surface area contributed by atoms with Gasteiger partial charge < -0.3 is 10.4 Å². The summed E-state index contributed by atoms with van der Waals surface area (Å²) >= 11 is 7.41. The summed E-state index contributed by atoms with van der Waals surface area (Å²) in [7, 11) is 0. The largest absolute Gasteiger partial charge is 0.382 e. The lowest BCUT2D eigenvalue weighted by atomic mass is 9.95. The van der Waals surface area contributed by atoms with E-state index in [0.29, 0.717) is 0 Å². The van der Waals surface area contributed by atoms with Gasteiger partial charge in [0.25, 0.3) is 0 Å². The van der Waals surface area contributed by atoms with Gasteiger partial charge >= 0.3 is 0 Å². The molecule has 3 nitrogen and oxygen atoms in total. The molecule has 0 radical (unpaired) electrons. The highest BCUT2D eigenvalue weighted by Crippen LogP contribution is 2.46. The number of amides is 1. The Morgan fingerprint density at radius 2 is 2.17 bits per heavy atom. The number of thiophene rings is 1. The van der Waals surface area contributed by atoms with Crippen molar-refractivity contribution in [1.29, 1.82) is 0 Å². The van der Waals surface area contributed by atoms with Crippen LogP contribution in [0.2, 0.25) is 5.02 Å². The fourth-order valence-corrected chi connectivity index (χ4v) is 3.81. The number of carbonyl (C=O) groups excluding carboxylic acids is 1. The molecule has 0 unspecified atom stereocenters. The number of hydrogen-bond acceptors (Lipinski definition) is 3. The van der Waals surface area contributed by atoms with Gasteiger partial charge in [-0.15, -0.1) is 11.3 Å². The van der Waals surface area contributed by atoms with E-state index in [-0.39, 0.29) is 35.4 Å². The average Bonchev–Trinajstić information content (AvgIpc) is 3.24. The molecule has 23 heavy (non-hydrogen) atoms. The van der Waals surface area contributed by atoms with E-state index >= 15 is 0 Å². The van der Waals surface area contributed by atoms with Crippen molar-refractivity contribution in [3.63, 3.8) is 0 Å². The summed E-state index contributed by atoms with van der Waals surface area (Å²) in [6.07, 6.45) is 1.75. The van der Waals surface area contributed by atoms with Crippen LogP contribution < -0.4 is 5.32 Å². The van der Waals surface area contributed by atoms with E-state index in [0.717, 1.165) is 17.7 Å². The first-order valence-electron chi connectivity index (χ1n) is 7.46. The molecular formula is C17H17ClFNO2S. The second kappa shape index (κ2) is 6.59. The van der Waals surface area contributed by atoms with E-state index in [1.54, 1.807) is 6.07 Å². The smallest absolute Gasteiger partial charge is 0.224 e. The Morgan fingerprint density at radius 1 is 1.39 bits per heavy atom. The lowest BCUT2D eigenvalue weighted by Crippen LogP contribution is -2.42. The molecule has 0 spiro atoms. The quantitative estimate of drug-likeness (QED) is 0.835. The number of hydrogen-bond donors (Lipinski definition) is 2. The predicted molar refractivity (Wildman–Crippen MR) is 89.1 cm³/mol. The first kappa shape index (κ1) is 16.4. The zero-order chi connectivity index (χ0) is 16.4. The first-order valence-corrected chi connectivity index (χ1v) is 8.72. The van der Waals surface area contributed by atoms with Gasteiger partial charge in [0, 0.05) is 15.5 Å². The van der Waals surface area contributed by atoms with E-state index < -0.39 is 11.4 Å². The molecule has 1 aliphatic carbocycles. The molecule has 1 aliphatic rings. The highest BCUT2D eigenvalue weighted by molar-refractivity contribution is 7.10. The molecule has 1 amide bonds. The molecule has 1 heterocycles. The predicted octanol–water partition coefficient (Wildman–Crippen LogP) is 3.50. The van der Waals surface area contributed by atoms with Crippen molar-refractivity contribution in [2.24, 2.45) is 5.92 Å². The van der Waals surface area contributed by atoms with E-state index in [1.807, 2.05) is 17.5 Å². The third kappa shape index (κ3) is 3.57. The second-order valence-corrected chi connectivity index (χ2v) is 7.18.